The number of thiophene rings is 1. The molecule has 1 aliphatic rings. The average molecular weight is 342 g/mol. The van der Waals surface area contributed by atoms with Crippen molar-refractivity contribution in [1.29, 1.82) is 0 Å². The lowest BCUT2D eigenvalue weighted by atomic mass is 9.86. The van der Waals surface area contributed by atoms with Gasteiger partial charge in [-0.15, -0.1) is 11.3 Å². The highest BCUT2D eigenvalue weighted by Gasteiger charge is 2.41. The van der Waals surface area contributed by atoms with Crippen molar-refractivity contribution in [3.8, 4) is 0 Å². The predicted molar refractivity (Wildman–Crippen MR) is 97.1 cm³/mol. The normalized spacial score (nSPS) is 20.9. The van der Waals surface area contributed by atoms with Gasteiger partial charge < -0.3 is 10.2 Å². The fraction of sp³-hybridized carbons (Fsp3) is 0.368. The number of amides is 2. The number of nitrogens with one attached hydrogen (secondary N) is 1. The minimum Gasteiger partial charge on any atom is -0.356 e. The summed E-state index contributed by atoms with van der Waals surface area (Å²) in [6.07, 6.45) is 0.993. The van der Waals surface area contributed by atoms with Crippen LogP contribution in [0.2, 0.25) is 0 Å². The maximum atomic E-state index is 12.7. The van der Waals surface area contributed by atoms with E-state index >= 15 is 0 Å². The Kier molecular flexibility index (Phi) is 5.00. The molecule has 126 valence electrons. The quantitative estimate of drug-likeness (QED) is 0.921. The van der Waals surface area contributed by atoms with Crippen LogP contribution in [0.4, 0.5) is 5.69 Å². The first-order chi connectivity index (χ1) is 11.6. The third-order valence-electron chi connectivity index (χ3n) is 4.43. The van der Waals surface area contributed by atoms with Crippen LogP contribution >= 0.6 is 11.3 Å². The summed E-state index contributed by atoms with van der Waals surface area (Å²) in [5.74, 6) is -0.110. The fourth-order valence-corrected chi connectivity index (χ4v) is 4.15. The molecule has 0 aliphatic carbocycles. The van der Waals surface area contributed by atoms with Crippen molar-refractivity contribution in [3.63, 3.8) is 0 Å². The van der Waals surface area contributed by atoms with Crippen LogP contribution in [0.1, 0.15) is 36.2 Å². The predicted octanol–water partition coefficient (Wildman–Crippen LogP) is 3.68. The summed E-state index contributed by atoms with van der Waals surface area (Å²) < 4.78 is 0. The van der Waals surface area contributed by atoms with Gasteiger partial charge in [-0.1, -0.05) is 23.8 Å². The number of aryl methyl sites for hydroxylation is 1. The van der Waals surface area contributed by atoms with Gasteiger partial charge in [-0.3, -0.25) is 9.59 Å². The van der Waals surface area contributed by atoms with E-state index in [1.165, 1.54) is 0 Å². The van der Waals surface area contributed by atoms with Crippen LogP contribution in [0.15, 0.2) is 41.8 Å². The molecule has 2 aromatic rings. The van der Waals surface area contributed by atoms with Gasteiger partial charge in [0.25, 0.3) is 0 Å². The Balaban J connectivity index is 2.03. The van der Waals surface area contributed by atoms with Crippen molar-refractivity contribution >= 4 is 28.8 Å². The van der Waals surface area contributed by atoms with Crippen molar-refractivity contribution < 1.29 is 9.59 Å². The first kappa shape index (κ1) is 16.7. The Morgan fingerprint density at radius 1 is 1.29 bits per heavy atom. The molecule has 3 rings (SSSR count). The molecule has 5 heteroatoms. The second kappa shape index (κ2) is 7.18. The molecule has 0 spiro atoms. The van der Waals surface area contributed by atoms with Crippen molar-refractivity contribution in [2.24, 2.45) is 5.92 Å². The molecule has 0 bridgehead atoms. The molecule has 4 nitrogen and oxygen atoms in total. The van der Waals surface area contributed by atoms with Gasteiger partial charge in [-0.05, 0) is 43.8 Å². The van der Waals surface area contributed by atoms with Gasteiger partial charge in [-0.2, -0.15) is 0 Å². The molecule has 1 aliphatic heterocycles. The highest BCUT2D eigenvalue weighted by molar-refractivity contribution is 7.10. The molecule has 0 saturated carbocycles. The Morgan fingerprint density at radius 2 is 2.04 bits per heavy atom. The van der Waals surface area contributed by atoms with Gasteiger partial charge in [0.2, 0.25) is 11.8 Å². The van der Waals surface area contributed by atoms with E-state index in [1.54, 1.807) is 11.3 Å². The second-order valence-corrected chi connectivity index (χ2v) is 7.08. The number of piperidine rings is 1. The van der Waals surface area contributed by atoms with Crippen molar-refractivity contribution in [2.45, 2.75) is 32.7 Å². The third-order valence-corrected chi connectivity index (χ3v) is 5.37. The summed E-state index contributed by atoms with van der Waals surface area (Å²) in [6.45, 7) is 4.55. The molecule has 2 heterocycles. The van der Waals surface area contributed by atoms with Gasteiger partial charge >= 0.3 is 0 Å². The molecule has 1 saturated heterocycles. The highest BCUT2D eigenvalue weighted by atomic mass is 32.1. The zero-order chi connectivity index (χ0) is 17.1. The molecular formula is C19H22N2O2S. The van der Waals surface area contributed by atoms with Gasteiger partial charge in [0, 0.05) is 23.5 Å². The summed E-state index contributed by atoms with van der Waals surface area (Å²) in [5.41, 5.74) is 2.01. The molecular weight excluding hydrogens is 320 g/mol. The van der Waals surface area contributed by atoms with E-state index in [0.717, 1.165) is 16.1 Å². The standard InChI is InChI=1S/C19H22N2O2S/c1-3-20-19(23)15-10-11-17(22)21(14-8-6-13(2)7-9-14)18(15)16-5-4-12-24-16/h4-9,12,15,18H,3,10-11H2,1-2H3,(H,20,23)/t15-,18+/m0/s1. The Hall–Kier alpha value is -2.14. The minimum atomic E-state index is -0.236. The topological polar surface area (TPSA) is 49.4 Å². The summed E-state index contributed by atoms with van der Waals surface area (Å²) in [6, 6.07) is 11.7. The smallest absolute Gasteiger partial charge is 0.227 e. The largest absolute Gasteiger partial charge is 0.356 e. The Bertz CT molecular complexity index is 709. The maximum absolute atomic E-state index is 12.7. The molecule has 24 heavy (non-hydrogen) atoms. The van der Waals surface area contributed by atoms with E-state index in [0.29, 0.717) is 19.4 Å². The summed E-state index contributed by atoms with van der Waals surface area (Å²) >= 11 is 1.60. The van der Waals surface area contributed by atoms with E-state index in [4.69, 9.17) is 0 Å². The molecule has 2 amide bonds. The Morgan fingerprint density at radius 3 is 2.67 bits per heavy atom. The van der Waals surface area contributed by atoms with E-state index in [2.05, 4.69) is 5.32 Å². The zero-order valence-corrected chi connectivity index (χ0v) is 14.8. The van der Waals surface area contributed by atoms with Crippen LogP contribution < -0.4 is 10.2 Å². The van der Waals surface area contributed by atoms with Crippen LogP contribution in [0, 0.1) is 12.8 Å². The monoisotopic (exact) mass is 342 g/mol. The highest BCUT2D eigenvalue weighted by Crippen LogP contribution is 2.41. The molecule has 1 aromatic heterocycles. The van der Waals surface area contributed by atoms with Crippen LogP contribution in [-0.2, 0) is 9.59 Å². The van der Waals surface area contributed by atoms with Crippen LogP contribution in [0.25, 0.3) is 0 Å². The first-order valence-corrected chi connectivity index (χ1v) is 9.19. The third kappa shape index (κ3) is 3.22. The number of carbonyl (C=O) groups excluding carboxylic acids is 2. The van der Waals surface area contributed by atoms with E-state index in [-0.39, 0.29) is 23.8 Å². The molecule has 1 N–H and O–H groups in total. The van der Waals surface area contributed by atoms with Gasteiger partial charge in [0.1, 0.15) is 0 Å². The van der Waals surface area contributed by atoms with E-state index in [9.17, 15) is 9.59 Å². The summed E-state index contributed by atoms with van der Waals surface area (Å²) in [5, 5.41) is 4.93. The number of rotatable bonds is 4. The number of benzene rings is 1. The maximum Gasteiger partial charge on any atom is 0.227 e. The van der Waals surface area contributed by atoms with E-state index in [1.807, 2.05) is 60.5 Å². The lowest BCUT2D eigenvalue weighted by Crippen LogP contribution is -2.48. The van der Waals surface area contributed by atoms with Gasteiger partial charge in [0.15, 0.2) is 0 Å². The lowest BCUT2D eigenvalue weighted by molar-refractivity contribution is -0.129. The summed E-state index contributed by atoms with van der Waals surface area (Å²) in [4.78, 5) is 28.2. The molecule has 2 atom stereocenters. The number of nitrogens with zero attached hydrogens (tertiary/aromatic N) is 1. The lowest BCUT2D eigenvalue weighted by Gasteiger charge is -2.40. The minimum absolute atomic E-state index is 0.0283. The summed E-state index contributed by atoms with van der Waals surface area (Å²) in [7, 11) is 0. The number of carbonyl (C=O) groups is 2. The Labute approximate surface area is 146 Å². The number of hydrogen-bond acceptors (Lipinski definition) is 3. The molecule has 1 fully saturated rings. The fourth-order valence-electron chi connectivity index (χ4n) is 3.27. The van der Waals surface area contributed by atoms with E-state index < -0.39 is 0 Å². The van der Waals surface area contributed by atoms with Gasteiger partial charge in [-0.25, -0.2) is 0 Å². The van der Waals surface area contributed by atoms with Crippen LogP contribution in [-0.4, -0.2) is 18.4 Å². The number of hydrogen-bond donors (Lipinski definition) is 1. The van der Waals surface area contributed by atoms with Crippen molar-refractivity contribution in [3.05, 3.63) is 52.2 Å². The first-order valence-electron chi connectivity index (χ1n) is 8.31. The SMILES string of the molecule is CCNC(=O)[C@H]1CCC(=O)N(c2ccc(C)cc2)[C@H]1c1cccs1. The second-order valence-electron chi connectivity index (χ2n) is 6.10. The van der Waals surface area contributed by atoms with Crippen LogP contribution in [0.3, 0.4) is 0 Å². The zero-order valence-electron chi connectivity index (χ0n) is 14.0. The molecule has 1 aromatic carbocycles. The molecule has 0 radical (unpaired) electrons. The number of anilines is 1. The van der Waals surface area contributed by atoms with Crippen molar-refractivity contribution in [1.82, 2.24) is 5.32 Å². The van der Waals surface area contributed by atoms with Crippen molar-refractivity contribution in [2.75, 3.05) is 11.4 Å². The average Bonchev–Trinajstić information content (AvgIpc) is 3.10. The molecule has 0 unspecified atom stereocenters. The van der Waals surface area contributed by atoms with Gasteiger partial charge in [0.05, 0.1) is 12.0 Å². The van der Waals surface area contributed by atoms with Crippen LogP contribution in [0.5, 0.6) is 0 Å².